The number of hydrogen-bond acceptors (Lipinski definition) is 7. The van der Waals surface area contributed by atoms with Crippen molar-refractivity contribution >= 4 is 17.4 Å². The zero-order chi connectivity index (χ0) is 26.9. The Bertz CT molecular complexity index is 1170. The lowest BCUT2D eigenvalue weighted by Gasteiger charge is -2.29. The van der Waals surface area contributed by atoms with Gasteiger partial charge >= 0.3 is 0 Å². The molecular formula is C30H34N2O6. The molecule has 4 rings (SSSR count). The fraction of sp³-hybridized carbons (Fsp3) is 0.333. The van der Waals surface area contributed by atoms with Crippen molar-refractivity contribution in [2.75, 3.05) is 52.6 Å². The van der Waals surface area contributed by atoms with Crippen molar-refractivity contribution in [2.45, 2.75) is 12.5 Å². The van der Waals surface area contributed by atoms with Gasteiger partial charge in [0.25, 0.3) is 11.7 Å². The minimum Gasteiger partial charge on any atom is -0.507 e. The molecule has 2 aliphatic heterocycles. The first kappa shape index (κ1) is 27.2. The van der Waals surface area contributed by atoms with E-state index in [0.29, 0.717) is 62.0 Å². The topological polar surface area (TPSA) is 88.5 Å². The number of aliphatic hydroxyl groups is 1. The van der Waals surface area contributed by atoms with Crippen molar-refractivity contribution in [3.05, 3.63) is 90.5 Å². The summed E-state index contributed by atoms with van der Waals surface area (Å²) in [5.74, 6) is -0.273. The molecule has 1 atom stereocenters. The number of nitrogens with zero attached hydrogens (tertiary/aromatic N) is 2. The fourth-order valence-corrected chi connectivity index (χ4v) is 4.67. The summed E-state index contributed by atoms with van der Waals surface area (Å²) < 4.78 is 16.5. The van der Waals surface area contributed by atoms with Gasteiger partial charge in [0.2, 0.25) is 0 Å². The Kier molecular flexibility index (Phi) is 9.35. The Balaban J connectivity index is 1.64. The van der Waals surface area contributed by atoms with Crippen molar-refractivity contribution in [2.24, 2.45) is 0 Å². The molecule has 0 saturated carbocycles. The number of amides is 1. The smallest absolute Gasteiger partial charge is 0.295 e. The number of ether oxygens (including phenoxy) is 3. The van der Waals surface area contributed by atoms with Crippen molar-refractivity contribution in [3.8, 4) is 11.5 Å². The third-order valence-corrected chi connectivity index (χ3v) is 6.58. The van der Waals surface area contributed by atoms with Crippen molar-refractivity contribution < 1.29 is 28.9 Å². The van der Waals surface area contributed by atoms with Gasteiger partial charge in [0.1, 0.15) is 30.5 Å². The van der Waals surface area contributed by atoms with E-state index in [-0.39, 0.29) is 11.3 Å². The summed E-state index contributed by atoms with van der Waals surface area (Å²) in [6, 6.07) is 13.3. The normalized spacial score (nSPS) is 19.4. The lowest BCUT2D eigenvalue weighted by atomic mass is 9.95. The van der Waals surface area contributed by atoms with Crippen LogP contribution in [0.3, 0.4) is 0 Å². The molecule has 8 heteroatoms. The van der Waals surface area contributed by atoms with Crippen LogP contribution in [0.15, 0.2) is 79.4 Å². The lowest BCUT2D eigenvalue weighted by molar-refractivity contribution is -0.140. The molecule has 0 aromatic heterocycles. The van der Waals surface area contributed by atoms with Gasteiger partial charge in [-0.2, -0.15) is 0 Å². The highest BCUT2D eigenvalue weighted by Gasteiger charge is 2.45. The number of hydrogen-bond donors (Lipinski definition) is 1. The van der Waals surface area contributed by atoms with E-state index in [2.05, 4.69) is 18.1 Å². The summed E-state index contributed by atoms with van der Waals surface area (Å²) in [7, 11) is 0. The zero-order valence-electron chi connectivity index (χ0n) is 21.5. The van der Waals surface area contributed by atoms with E-state index in [1.54, 1.807) is 53.5 Å². The van der Waals surface area contributed by atoms with Crippen LogP contribution in [-0.2, 0) is 14.3 Å². The molecule has 2 saturated heterocycles. The lowest BCUT2D eigenvalue weighted by Crippen LogP contribution is -2.38. The van der Waals surface area contributed by atoms with Crippen molar-refractivity contribution in [1.29, 1.82) is 0 Å². The summed E-state index contributed by atoms with van der Waals surface area (Å²) in [5.41, 5.74) is 1.22. The number of carbonyl (C=O) groups excluding carboxylic acids is 2. The second-order valence-corrected chi connectivity index (χ2v) is 9.09. The van der Waals surface area contributed by atoms with Crippen LogP contribution in [0.4, 0.5) is 0 Å². The Hall–Kier alpha value is -3.88. The highest BCUT2D eigenvalue weighted by atomic mass is 16.5. The Morgan fingerprint density at radius 3 is 2.08 bits per heavy atom. The Labute approximate surface area is 223 Å². The number of benzene rings is 2. The number of carbonyl (C=O) groups is 2. The van der Waals surface area contributed by atoms with E-state index in [4.69, 9.17) is 14.2 Å². The first-order chi connectivity index (χ1) is 18.5. The summed E-state index contributed by atoms with van der Waals surface area (Å²) in [6.45, 7) is 12.3. The number of ketones is 1. The summed E-state index contributed by atoms with van der Waals surface area (Å²) >= 11 is 0. The molecule has 2 aliphatic rings. The second-order valence-electron chi connectivity index (χ2n) is 9.09. The average molecular weight is 519 g/mol. The first-order valence-electron chi connectivity index (χ1n) is 12.8. The van der Waals surface area contributed by atoms with Crippen LogP contribution in [-0.4, -0.2) is 79.2 Å². The zero-order valence-corrected chi connectivity index (χ0v) is 21.5. The van der Waals surface area contributed by atoms with Crippen LogP contribution in [0.2, 0.25) is 0 Å². The van der Waals surface area contributed by atoms with Gasteiger partial charge in [-0.1, -0.05) is 37.4 Å². The standard InChI is InChI=1S/C30H34N2O6/c1-3-18-37-24-10-6-22(7-11-24)27-26(28(33)23-8-12-25(13-9-23)38-19-4-2)29(34)30(35)32(27)15-5-14-31-16-20-36-21-17-31/h3-4,6-13,27,33H,1-2,5,14-21H2/t27-/m0/s1. The third-order valence-electron chi connectivity index (χ3n) is 6.58. The fourth-order valence-electron chi connectivity index (χ4n) is 4.67. The van der Waals surface area contributed by atoms with Crippen molar-refractivity contribution in [1.82, 2.24) is 9.80 Å². The predicted octanol–water partition coefficient (Wildman–Crippen LogP) is 3.96. The molecule has 1 N–H and O–H groups in total. The summed E-state index contributed by atoms with van der Waals surface area (Å²) in [4.78, 5) is 30.4. The maximum absolute atomic E-state index is 13.3. The van der Waals surface area contributed by atoms with E-state index in [1.165, 1.54) is 0 Å². The highest BCUT2D eigenvalue weighted by Crippen LogP contribution is 2.40. The predicted molar refractivity (Wildman–Crippen MR) is 145 cm³/mol. The molecule has 1 amide bonds. The van der Waals surface area contributed by atoms with Gasteiger partial charge in [-0.3, -0.25) is 14.5 Å². The second kappa shape index (κ2) is 13.1. The molecule has 8 nitrogen and oxygen atoms in total. The highest BCUT2D eigenvalue weighted by molar-refractivity contribution is 6.46. The molecule has 0 radical (unpaired) electrons. The van der Waals surface area contributed by atoms with Crippen molar-refractivity contribution in [3.63, 3.8) is 0 Å². The van der Waals surface area contributed by atoms with Gasteiger partial charge < -0.3 is 24.2 Å². The van der Waals surface area contributed by atoms with E-state index < -0.39 is 17.7 Å². The maximum atomic E-state index is 13.3. The van der Waals surface area contributed by atoms with Crippen LogP contribution in [0.1, 0.15) is 23.6 Å². The molecule has 2 fully saturated rings. The first-order valence-corrected chi connectivity index (χ1v) is 12.8. The van der Waals surface area contributed by atoms with Gasteiger partial charge in [0.15, 0.2) is 0 Å². The minimum atomic E-state index is -0.718. The van der Waals surface area contributed by atoms with E-state index >= 15 is 0 Å². The molecular weight excluding hydrogens is 484 g/mol. The average Bonchev–Trinajstić information content (AvgIpc) is 3.21. The molecule has 38 heavy (non-hydrogen) atoms. The number of Topliss-reactive ketones (excluding diaryl/α,β-unsaturated/α-hetero) is 1. The quantitative estimate of drug-likeness (QED) is 0.197. The third kappa shape index (κ3) is 6.33. The van der Waals surface area contributed by atoms with Gasteiger partial charge in [-0.05, 0) is 48.4 Å². The molecule has 2 heterocycles. The number of morpholine rings is 1. The molecule has 2 aromatic carbocycles. The maximum Gasteiger partial charge on any atom is 0.295 e. The number of aliphatic hydroxyl groups excluding tert-OH is 1. The van der Waals surface area contributed by atoms with Crippen LogP contribution in [0, 0.1) is 0 Å². The van der Waals surface area contributed by atoms with Crippen LogP contribution >= 0.6 is 0 Å². The number of likely N-dealkylation sites (tertiary alicyclic amines) is 1. The summed E-state index contributed by atoms with van der Waals surface area (Å²) in [6.07, 6.45) is 3.99. The van der Waals surface area contributed by atoms with Crippen LogP contribution in [0.25, 0.3) is 5.76 Å². The van der Waals surface area contributed by atoms with Crippen LogP contribution < -0.4 is 9.47 Å². The minimum absolute atomic E-state index is 0.0703. The molecule has 0 unspecified atom stereocenters. The molecule has 2 aromatic rings. The molecule has 0 spiro atoms. The monoisotopic (exact) mass is 518 g/mol. The van der Waals surface area contributed by atoms with Gasteiger partial charge in [-0.25, -0.2) is 0 Å². The number of rotatable bonds is 12. The molecule has 0 bridgehead atoms. The van der Waals surface area contributed by atoms with E-state index in [1.807, 2.05) is 12.1 Å². The Morgan fingerprint density at radius 1 is 0.921 bits per heavy atom. The Morgan fingerprint density at radius 2 is 1.50 bits per heavy atom. The van der Waals surface area contributed by atoms with Gasteiger partial charge in [0, 0.05) is 31.7 Å². The largest absolute Gasteiger partial charge is 0.507 e. The summed E-state index contributed by atoms with van der Waals surface area (Å²) in [5, 5.41) is 11.3. The van der Waals surface area contributed by atoms with Gasteiger partial charge in [0.05, 0.1) is 24.8 Å². The van der Waals surface area contributed by atoms with Gasteiger partial charge in [-0.15, -0.1) is 0 Å². The SMILES string of the molecule is C=CCOc1ccc(C(O)=C2C(=O)C(=O)N(CCCN3CCOCC3)[C@H]2c2ccc(OCC=C)cc2)cc1. The van der Waals surface area contributed by atoms with E-state index in [9.17, 15) is 14.7 Å². The molecule has 200 valence electrons. The van der Waals surface area contributed by atoms with Crippen LogP contribution in [0.5, 0.6) is 11.5 Å². The molecule has 0 aliphatic carbocycles. The van der Waals surface area contributed by atoms with E-state index in [0.717, 1.165) is 19.6 Å².